The molecule has 3 N–H and O–H groups in total. The summed E-state index contributed by atoms with van der Waals surface area (Å²) in [4.78, 5) is 2.43. The van der Waals surface area contributed by atoms with Gasteiger partial charge in [-0.3, -0.25) is 4.55 Å². The topological polar surface area (TPSA) is 107 Å². The van der Waals surface area contributed by atoms with Gasteiger partial charge in [0.25, 0.3) is 10.1 Å². The minimum Gasteiger partial charge on any atom is -0.504 e. The highest BCUT2D eigenvalue weighted by Crippen LogP contribution is 2.62. The second kappa shape index (κ2) is 5.69. The van der Waals surface area contributed by atoms with Crippen LogP contribution in [-0.4, -0.2) is 66.2 Å². The summed E-state index contributed by atoms with van der Waals surface area (Å²) in [6.07, 6.45) is 5.89. The molecule has 0 radical (unpaired) electrons. The largest absolute Gasteiger partial charge is 0.504 e. The van der Waals surface area contributed by atoms with Crippen LogP contribution in [0.25, 0.3) is 0 Å². The van der Waals surface area contributed by atoms with Gasteiger partial charge in [0.15, 0.2) is 11.5 Å². The zero-order chi connectivity index (χ0) is 18.9. The third-order valence-electron chi connectivity index (χ3n) is 6.15. The molecule has 0 aromatic heterocycles. The van der Waals surface area contributed by atoms with E-state index in [1.807, 2.05) is 12.1 Å². The van der Waals surface area contributed by atoms with Crippen molar-refractivity contribution in [1.82, 2.24) is 4.90 Å². The molecule has 1 fully saturated rings. The highest BCUT2D eigenvalue weighted by atomic mass is 32.2. The smallest absolute Gasteiger partial charge is 0.261 e. The highest BCUT2D eigenvalue weighted by Gasteiger charge is 2.64. The van der Waals surface area contributed by atoms with Crippen molar-refractivity contribution >= 4 is 10.1 Å². The van der Waals surface area contributed by atoms with Crippen molar-refractivity contribution in [3.63, 3.8) is 0 Å². The summed E-state index contributed by atoms with van der Waals surface area (Å²) in [6.45, 7) is 1.01. The summed E-state index contributed by atoms with van der Waals surface area (Å²) in [6, 6.07) is 4.23. The molecule has 2 aliphatic carbocycles. The predicted octanol–water partition coefficient (Wildman–Crippen LogP) is 0.702. The molecule has 8 heteroatoms. The van der Waals surface area contributed by atoms with Crippen LogP contribution in [0.15, 0.2) is 24.3 Å². The van der Waals surface area contributed by atoms with Crippen molar-refractivity contribution < 1.29 is 27.9 Å². The molecule has 0 saturated carbocycles. The van der Waals surface area contributed by atoms with Crippen molar-refractivity contribution in [2.24, 2.45) is 5.92 Å². The summed E-state index contributed by atoms with van der Waals surface area (Å²) >= 11 is 0. The lowest BCUT2D eigenvalue weighted by molar-refractivity contribution is -0.0453. The number of aliphatic hydroxyl groups is 1. The van der Waals surface area contributed by atoms with E-state index in [0.717, 1.165) is 19.4 Å². The monoisotopic (exact) mass is 381 g/mol. The van der Waals surface area contributed by atoms with Crippen LogP contribution in [0.1, 0.15) is 17.5 Å². The van der Waals surface area contributed by atoms with Crippen molar-refractivity contribution in [3.8, 4) is 11.5 Å². The molecule has 5 rings (SSSR count). The van der Waals surface area contributed by atoms with E-state index < -0.39 is 16.2 Å². The zero-order valence-electron chi connectivity index (χ0n) is 14.7. The highest BCUT2D eigenvalue weighted by molar-refractivity contribution is 7.85. The molecule has 5 atom stereocenters. The molecular formula is C18H23NO6S. The van der Waals surface area contributed by atoms with Crippen LogP contribution in [0.2, 0.25) is 0 Å². The van der Waals surface area contributed by atoms with E-state index in [9.17, 15) is 18.6 Å². The molecular weight excluding hydrogens is 358 g/mol. The molecule has 1 aromatic carbocycles. The average Bonchev–Trinajstić information content (AvgIpc) is 2.89. The van der Waals surface area contributed by atoms with Crippen LogP contribution in [0.5, 0.6) is 11.5 Å². The Balaban J connectivity index is 0.000000301. The summed E-state index contributed by atoms with van der Waals surface area (Å²) in [7, 11) is -1.48. The number of likely N-dealkylation sites (N-methyl/N-ethyl adjacent to an activating group) is 1. The van der Waals surface area contributed by atoms with Crippen molar-refractivity contribution in [3.05, 3.63) is 35.4 Å². The number of nitrogens with zero attached hydrogens (tertiary/aromatic N) is 1. The Kier molecular flexibility index (Phi) is 3.89. The summed E-state index contributed by atoms with van der Waals surface area (Å²) in [5, 5.41) is 20.6. The number of hydrogen-bond acceptors (Lipinski definition) is 6. The second-order valence-corrected chi connectivity index (χ2v) is 9.13. The average molecular weight is 381 g/mol. The van der Waals surface area contributed by atoms with Gasteiger partial charge in [0.05, 0.1) is 6.26 Å². The quantitative estimate of drug-likeness (QED) is 0.449. The number of phenolic OH excluding ortho intramolecular Hbond substituents is 1. The number of phenols is 1. The van der Waals surface area contributed by atoms with Gasteiger partial charge in [-0.25, -0.2) is 0 Å². The first-order chi connectivity index (χ1) is 12.1. The van der Waals surface area contributed by atoms with E-state index in [4.69, 9.17) is 9.29 Å². The molecule has 2 heterocycles. The minimum atomic E-state index is -3.67. The number of piperidine rings is 1. The van der Waals surface area contributed by atoms with Gasteiger partial charge in [-0.05, 0) is 38.1 Å². The molecule has 1 aromatic rings. The molecule has 1 spiro atoms. The molecule has 2 bridgehead atoms. The number of aromatic hydroxyl groups is 1. The van der Waals surface area contributed by atoms with Gasteiger partial charge < -0.3 is 19.8 Å². The molecule has 1 unspecified atom stereocenters. The fraction of sp³-hybridized carbons (Fsp3) is 0.556. The summed E-state index contributed by atoms with van der Waals surface area (Å²) in [5.41, 5.74) is 2.29. The fourth-order valence-corrected chi connectivity index (χ4v) is 5.24. The standard InChI is InChI=1S/C17H19NO3.CH4O3S/c1-18-7-6-17-10-3-5-13(20)16(17)21-15-12(19)4-2-9(14(15)17)8-11(10)18;1-5(2,3)4/h2-5,10-11,13,16,19-20H,6-8H2,1H3;1H3,(H,2,3,4)/t10?,11-,13+,16+,17+;/m1./s1. The molecule has 1 saturated heterocycles. The third kappa shape index (κ3) is 2.47. The Morgan fingerprint density at radius 2 is 2.00 bits per heavy atom. The molecule has 2 aliphatic heterocycles. The Hall–Kier alpha value is -1.61. The van der Waals surface area contributed by atoms with Gasteiger partial charge in [-0.2, -0.15) is 8.42 Å². The van der Waals surface area contributed by atoms with Gasteiger partial charge in [0.1, 0.15) is 12.2 Å². The van der Waals surface area contributed by atoms with E-state index in [1.165, 1.54) is 11.1 Å². The fourth-order valence-electron chi connectivity index (χ4n) is 5.24. The van der Waals surface area contributed by atoms with Crippen LogP contribution in [0.4, 0.5) is 0 Å². The first-order valence-electron chi connectivity index (χ1n) is 8.64. The van der Waals surface area contributed by atoms with Gasteiger partial charge in [0, 0.05) is 22.9 Å². The Morgan fingerprint density at radius 1 is 1.31 bits per heavy atom. The maximum Gasteiger partial charge on any atom is 0.261 e. The second-order valence-electron chi connectivity index (χ2n) is 7.66. The maximum absolute atomic E-state index is 10.4. The first kappa shape index (κ1) is 17.8. The first-order valence-corrected chi connectivity index (χ1v) is 10.5. The number of benzene rings is 1. The Bertz CT molecular complexity index is 874. The van der Waals surface area contributed by atoms with Gasteiger partial charge >= 0.3 is 0 Å². The molecule has 4 aliphatic rings. The summed E-state index contributed by atoms with van der Waals surface area (Å²) in [5.74, 6) is 1.19. The van der Waals surface area contributed by atoms with Crippen LogP contribution in [0.3, 0.4) is 0 Å². The third-order valence-corrected chi connectivity index (χ3v) is 6.15. The molecule has 142 valence electrons. The Morgan fingerprint density at radius 3 is 2.69 bits per heavy atom. The normalized spacial score (nSPS) is 36.6. The van der Waals surface area contributed by atoms with E-state index in [2.05, 4.69) is 18.0 Å². The van der Waals surface area contributed by atoms with Gasteiger partial charge in [0.2, 0.25) is 0 Å². The Labute approximate surface area is 152 Å². The van der Waals surface area contributed by atoms with E-state index in [1.54, 1.807) is 6.07 Å². The van der Waals surface area contributed by atoms with Crippen LogP contribution in [0, 0.1) is 5.92 Å². The van der Waals surface area contributed by atoms with Crippen molar-refractivity contribution in [2.45, 2.75) is 36.5 Å². The maximum atomic E-state index is 10.4. The van der Waals surface area contributed by atoms with Crippen LogP contribution in [-0.2, 0) is 22.0 Å². The minimum absolute atomic E-state index is 0.160. The number of aliphatic hydroxyl groups excluding tert-OH is 1. The SMILES string of the molecule is CN1CC[C@]23c4c5ccc(O)c4O[C@H]2[C@@H](O)C=CC3[C@H]1C5.CS(=O)(=O)O. The van der Waals surface area contributed by atoms with E-state index >= 15 is 0 Å². The molecule has 0 amide bonds. The van der Waals surface area contributed by atoms with Crippen molar-refractivity contribution in [1.29, 1.82) is 0 Å². The number of rotatable bonds is 0. The van der Waals surface area contributed by atoms with Gasteiger partial charge in [-0.1, -0.05) is 18.2 Å². The van der Waals surface area contributed by atoms with E-state index in [-0.39, 0.29) is 17.3 Å². The molecule has 7 nitrogen and oxygen atoms in total. The zero-order valence-corrected chi connectivity index (χ0v) is 15.5. The molecule has 26 heavy (non-hydrogen) atoms. The van der Waals surface area contributed by atoms with Crippen molar-refractivity contribution in [2.75, 3.05) is 19.8 Å². The number of hydrogen-bond donors (Lipinski definition) is 3. The van der Waals surface area contributed by atoms with Crippen LogP contribution >= 0.6 is 0 Å². The lowest BCUT2D eigenvalue weighted by Crippen LogP contribution is -2.64. The number of ether oxygens (including phenoxy) is 1. The lowest BCUT2D eigenvalue weighted by Gasteiger charge is -2.56. The number of likely N-dealkylation sites (tertiary alicyclic amines) is 1. The van der Waals surface area contributed by atoms with Gasteiger partial charge in [-0.15, -0.1) is 0 Å². The van der Waals surface area contributed by atoms with Crippen LogP contribution < -0.4 is 4.74 Å². The predicted molar refractivity (Wildman–Crippen MR) is 95.0 cm³/mol. The lowest BCUT2D eigenvalue weighted by atomic mass is 9.53. The summed E-state index contributed by atoms with van der Waals surface area (Å²) < 4.78 is 32.0. The van der Waals surface area contributed by atoms with E-state index in [0.29, 0.717) is 24.0 Å².